The van der Waals surface area contributed by atoms with E-state index < -0.39 is 97.5 Å². The molecule has 672 valence electrons. The molecule has 0 rings (SSSR count). The first-order valence-electron chi connectivity index (χ1n) is 48.6. The molecule has 0 bridgehead atoms. The zero-order valence-corrected chi connectivity index (χ0v) is 76.5. The van der Waals surface area contributed by atoms with E-state index in [2.05, 4.69) is 41.5 Å². The number of unbranched alkanes of at least 4 members (excludes halogenated alkanes) is 61. The molecule has 0 radical (unpaired) electrons. The number of carbonyl (C=O) groups is 4. The van der Waals surface area contributed by atoms with E-state index in [0.29, 0.717) is 25.7 Å². The number of carbonyl (C=O) groups excluding carboxylic acids is 4. The van der Waals surface area contributed by atoms with Crippen LogP contribution in [0.5, 0.6) is 0 Å². The van der Waals surface area contributed by atoms with E-state index in [9.17, 15) is 43.2 Å². The van der Waals surface area contributed by atoms with Gasteiger partial charge in [0.05, 0.1) is 26.4 Å². The van der Waals surface area contributed by atoms with Gasteiger partial charge in [0.15, 0.2) is 12.2 Å². The SMILES string of the molecule is CCCCCCCCCCCCCCCCCCCCC(=O)O[C@H](COC(=O)CCCCCCCCCCCCC)COP(=O)(O)OC[C@H](O)COP(=O)(O)OC[C@@H](COC(=O)CCCCCCCCCCCCCCCCCCCCC(C)CC)OC(=O)CCCCCCCCCCCCCCCCCCCCC(C)CC. The smallest absolute Gasteiger partial charge is 0.462 e. The maximum absolute atomic E-state index is 13.2. The summed E-state index contributed by atoms with van der Waals surface area (Å²) in [5.41, 5.74) is 0. The number of hydrogen-bond acceptors (Lipinski definition) is 15. The Bertz CT molecular complexity index is 2150. The zero-order chi connectivity index (χ0) is 82.7. The molecular weight excluding hydrogens is 1460 g/mol. The van der Waals surface area contributed by atoms with Crippen molar-refractivity contribution < 1.29 is 80.2 Å². The maximum Gasteiger partial charge on any atom is 0.472 e. The van der Waals surface area contributed by atoms with Crippen LogP contribution in [0, 0.1) is 11.8 Å². The molecule has 113 heavy (non-hydrogen) atoms. The summed E-state index contributed by atoms with van der Waals surface area (Å²) in [6.07, 6.45) is 80.5. The lowest BCUT2D eigenvalue weighted by atomic mass is 9.99. The van der Waals surface area contributed by atoms with Crippen molar-refractivity contribution in [3.8, 4) is 0 Å². The minimum atomic E-state index is -4.97. The second kappa shape index (κ2) is 85.1. The van der Waals surface area contributed by atoms with Gasteiger partial charge >= 0.3 is 39.5 Å². The van der Waals surface area contributed by atoms with E-state index in [1.165, 1.54) is 327 Å². The molecule has 0 aromatic heterocycles. The average Bonchev–Trinajstić information content (AvgIpc) is 0.905. The maximum atomic E-state index is 13.2. The standard InChI is InChI=1S/C94H184O17P2/c1-7-11-13-15-17-19-21-22-23-24-31-37-42-48-54-60-66-72-78-93(98)110-89(82-104-91(96)76-70-64-58-52-44-20-18-16-14-12-8-2)84-108-112(100,101)106-80-88(95)81-107-113(102,103)109-85-90(111-94(99)79-73-67-61-55-49-43-38-33-28-26-30-35-40-46-51-57-63-69-75-87(6)10-4)83-105-92(97)77-71-65-59-53-47-41-36-32-27-25-29-34-39-45-50-56-62-68-74-86(5)9-3/h86-90,95H,7-85H2,1-6H3,(H,100,101)(H,102,103)/t86?,87?,88-,89+,90+/m0/s1. The predicted octanol–water partition coefficient (Wildman–Crippen LogP) is 29.4. The van der Waals surface area contributed by atoms with E-state index in [4.69, 9.17) is 37.0 Å². The number of hydrogen-bond donors (Lipinski definition) is 3. The highest BCUT2D eigenvalue weighted by Crippen LogP contribution is 2.45. The molecule has 0 fully saturated rings. The zero-order valence-electron chi connectivity index (χ0n) is 74.7. The quantitative estimate of drug-likeness (QED) is 0.0222. The summed E-state index contributed by atoms with van der Waals surface area (Å²) in [6, 6.07) is 0. The van der Waals surface area contributed by atoms with Crippen molar-refractivity contribution in [1.29, 1.82) is 0 Å². The van der Waals surface area contributed by atoms with Gasteiger partial charge in [-0.1, -0.05) is 459 Å². The van der Waals surface area contributed by atoms with Gasteiger partial charge in [0.25, 0.3) is 0 Å². The highest BCUT2D eigenvalue weighted by atomic mass is 31.2. The second-order valence-corrected chi connectivity index (χ2v) is 37.1. The van der Waals surface area contributed by atoms with Crippen molar-refractivity contribution in [3.05, 3.63) is 0 Å². The van der Waals surface area contributed by atoms with E-state index >= 15 is 0 Å². The third-order valence-electron chi connectivity index (χ3n) is 22.9. The monoisotopic (exact) mass is 1650 g/mol. The molecule has 0 saturated carbocycles. The van der Waals surface area contributed by atoms with Crippen LogP contribution in [-0.4, -0.2) is 96.7 Å². The lowest BCUT2D eigenvalue weighted by molar-refractivity contribution is -0.161. The molecule has 0 aliphatic rings. The van der Waals surface area contributed by atoms with Gasteiger partial charge < -0.3 is 33.8 Å². The number of ether oxygens (including phenoxy) is 4. The van der Waals surface area contributed by atoms with Gasteiger partial charge in [0.2, 0.25) is 0 Å². The predicted molar refractivity (Wildman–Crippen MR) is 469 cm³/mol. The molecule has 0 aromatic rings. The fourth-order valence-corrected chi connectivity index (χ4v) is 16.3. The number of esters is 4. The Kier molecular flexibility index (Phi) is 83.6. The molecule has 0 aliphatic heterocycles. The van der Waals surface area contributed by atoms with Gasteiger partial charge in [-0.3, -0.25) is 37.3 Å². The van der Waals surface area contributed by atoms with Crippen molar-refractivity contribution in [2.75, 3.05) is 39.6 Å². The highest BCUT2D eigenvalue weighted by Gasteiger charge is 2.31. The Morgan fingerprint density at radius 1 is 0.248 bits per heavy atom. The normalized spacial score (nSPS) is 14.2. The Morgan fingerprint density at radius 3 is 0.628 bits per heavy atom. The Morgan fingerprint density at radius 2 is 0.425 bits per heavy atom. The van der Waals surface area contributed by atoms with E-state index in [0.717, 1.165) is 102 Å². The molecule has 0 spiro atoms. The minimum Gasteiger partial charge on any atom is -0.462 e. The first-order chi connectivity index (χ1) is 54.9. The summed E-state index contributed by atoms with van der Waals surface area (Å²) in [4.78, 5) is 73.5. The van der Waals surface area contributed by atoms with Gasteiger partial charge in [0.1, 0.15) is 19.3 Å². The molecule has 4 unspecified atom stereocenters. The lowest BCUT2D eigenvalue weighted by Crippen LogP contribution is -2.30. The molecule has 0 amide bonds. The van der Waals surface area contributed by atoms with Crippen LogP contribution in [0.15, 0.2) is 0 Å². The summed E-state index contributed by atoms with van der Waals surface area (Å²) >= 11 is 0. The topological polar surface area (TPSA) is 237 Å². The molecule has 0 aliphatic carbocycles. The fourth-order valence-electron chi connectivity index (χ4n) is 14.8. The number of phosphoric ester groups is 2. The van der Waals surface area contributed by atoms with Crippen LogP contribution < -0.4 is 0 Å². The van der Waals surface area contributed by atoms with Crippen LogP contribution in [0.1, 0.15) is 510 Å². The lowest BCUT2D eigenvalue weighted by Gasteiger charge is -2.21. The van der Waals surface area contributed by atoms with E-state index in [1.54, 1.807) is 0 Å². The van der Waals surface area contributed by atoms with E-state index in [1.807, 2.05) is 0 Å². The molecule has 0 aromatic carbocycles. The van der Waals surface area contributed by atoms with Crippen molar-refractivity contribution in [2.24, 2.45) is 11.8 Å². The summed E-state index contributed by atoms with van der Waals surface area (Å²) < 4.78 is 69.1. The van der Waals surface area contributed by atoms with Crippen LogP contribution in [0.2, 0.25) is 0 Å². The molecule has 7 atom stereocenters. The highest BCUT2D eigenvalue weighted by molar-refractivity contribution is 7.47. The summed E-state index contributed by atoms with van der Waals surface area (Å²) in [7, 11) is -9.94. The van der Waals surface area contributed by atoms with Crippen LogP contribution in [0.3, 0.4) is 0 Å². The molecule has 0 saturated heterocycles. The Hall–Kier alpha value is -1.94. The number of phosphoric acid groups is 2. The number of aliphatic hydroxyl groups excluding tert-OH is 1. The Balaban J connectivity index is 5.23. The Labute approximate surface area is 696 Å². The third kappa shape index (κ3) is 84.9. The van der Waals surface area contributed by atoms with Crippen LogP contribution in [0.25, 0.3) is 0 Å². The van der Waals surface area contributed by atoms with Crippen molar-refractivity contribution >= 4 is 39.5 Å². The first kappa shape index (κ1) is 111. The van der Waals surface area contributed by atoms with Gasteiger partial charge in [-0.05, 0) is 37.5 Å². The van der Waals surface area contributed by atoms with Gasteiger partial charge in [0, 0.05) is 25.7 Å². The molecule has 17 nitrogen and oxygen atoms in total. The van der Waals surface area contributed by atoms with Crippen molar-refractivity contribution in [1.82, 2.24) is 0 Å². The fraction of sp³-hybridized carbons (Fsp3) is 0.957. The second-order valence-electron chi connectivity index (χ2n) is 34.2. The summed E-state index contributed by atoms with van der Waals surface area (Å²) in [6.45, 7) is 9.86. The molecular formula is C94H184O17P2. The summed E-state index contributed by atoms with van der Waals surface area (Å²) in [5.74, 6) is -0.346. The van der Waals surface area contributed by atoms with Gasteiger partial charge in [-0.25, -0.2) is 9.13 Å². The van der Waals surface area contributed by atoms with Crippen LogP contribution >= 0.6 is 15.6 Å². The van der Waals surface area contributed by atoms with Crippen LogP contribution in [-0.2, 0) is 65.4 Å². The molecule has 3 N–H and O–H groups in total. The van der Waals surface area contributed by atoms with E-state index in [-0.39, 0.29) is 25.7 Å². The first-order valence-corrected chi connectivity index (χ1v) is 51.6. The third-order valence-corrected chi connectivity index (χ3v) is 24.8. The number of aliphatic hydroxyl groups is 1. The van der Waals surface area contributed by atoms with Crippen molar-refractivity contribution in [2.45, 2.75) is 529 Å². The molecule has 19 heteroatoms. The molecule has 0 heterocycles. The minimum absolute atomic E-state index is 0.109. The summed E-state index contributed by atoms with van der Waals surface area (Å²) in [5, 5.41) is 10.7. The van der Waals surface area contributed by atoms with Crippen molar-refractivity contribution in [3.63, 3.8) is 0 Å². The average molecular weight is 1650 g/mol. The van der Waals surface area contributed by atoms with Crippen LogP contribution in [0.4, 0.5) is 0 Å². The van der Waals surface area contributed by atoms with Gasteiger partial charge in [-0.15, -0.1) is 0 Å². The number of rotatable bonds is 93. The van der Waals surface area contributed by atoms with Gasteiger partial charge in [-0.2, -0.15) is 0 Å². The largest absolute Gasteiger partial charge is 0.472 e.